The van der Waals surface area contributed by atoms with E-state index in [2.05, 4.69) is 43.4 Å². The standard InChI is InChI=1S/C23H34N2O2/c1-3-5-12-27-21-11-7-9-19(14-21)15-22(24)23(26)17-25-16-20-10-6-8-18(4-2)13-20/h6-11,13-14,22-23,25-26H,3-5,12,15-17,24H2,1-2H3/t22-,23+/m0/s1. The summed E-state index contributed by atoms with van der Waals surface area (Å²) in [7, 11) is 0. The lowest BCUT2D eigenvalue weighted by Gasteiger charge is -2.20. The summed E-state index contributed by atoms with van der Waals surface area (Å²) in [6.45, 7) is 6.24. The molecule has 0 saturated heterocycles. The summed E-state index contributed by atoms with van der Waals surface area (Å²) in [5, 5.41) is 13.7. The third-order valence-electron chi connectivity index (χ3n) is 4.71. The van der Waals surface area contributed by atoms with Crippen LogP contribution in [0.1, 0.15) is 43.4 Å². The molecule has 4 heteroatoms. The van der Waals surface area contributed by atoms with Crippen molar-refractivity contribution in [1.29, 1.82) is 0 Å². The van der Waals surface area contributed by atoms with Gasteiger partial charge in [0.25, 0.3) is 0 Å². The third-order valence-corrected chi connectivity index (χ3v) is 4.71. The maximum atomic E-state index is 10.4. The molecule has 2 aromatic carbocycles. The monoisotopic (exact) mass is 370 g/mol. The number of ether oxygens (including phenoxy) is 1. The number of aliphatic hydroxyl groups excluding tert-OH is 1. The van der Waals surface area contributed by atoms with Crippen LogP contribution in [0.4, 0.5) is 0 Å². The van der Waals surface area contributed by atoms with Crippen LogP contribution in [0.25, 0.3) is 0 Å². The highest BCUT2D eigenvalue weighted by atomic mass is 16.5. The summed E-state index contributed by atoms with van der Waals surface area (Å²) in [6.07, 6.45) is 3.23. The number of rotatable bonds is 12. The van der Waals surface area contributed by atoms with Crippen molar-refractivity contribution in [3.63, 3.8) is 0 Å². The molecular formula is C23H34N2O2. The van der Waals surface area contributed by atoms with E-state index < -0.39 is 6.10 Å². The lowest BCUT2D eigenvalue weighted by Crippen LogP contribution is -2.43. The average molecular weight is 371 g/mol. The number of hydrogen-bond acceptors (Lipinski definition) is 4. The van der Waals surface area contributed by atoms with Crippen molar-refractivity contribution in [3.8, 4) is 5.75 Å². The molecule has 0 aliphatic heterocycles. The fourth-order valence-electron chi connectivity index (χ4n) is 2.98. The van der Waals surface area contributed by atoms with Crippen molar-refractivity contribution < 1.29 is 9.84 Å². The van der Waals surface area contributed by atoms with Gasteiger partial charge in [0.05, 0.1) is 12.7 Å². The second-order valence-electron chi connectivity index (χ2n) is 7.09. The predicted octanol–water partition coefficient (Wildman–Crippen LogP) is 3.45. The van der Waals surface area contributed by atoms with Gasteiger partial charge in [0, 0.05) is 19.1 Å². The molecule has 0 heterocycles. The number of benzene rings is 2. The van der Waals surface area contributed by atoms with Crippen LogP contribution in [0, 0.1) is 0 Å². The SMILES string of the molecule is CCCCOc1cccc(C[C@H](N)[C@H](O)CNCc2cccc(CC)c2)c1. The molecule has 0 saturated carbocycles. The van der Waals surface area contributed by atoms with E-state index in [1.54, 1.807) is 0 Å². The summed E-state index contributed by atoms with van der Waals surface area (Å²) in [6, 6.07) is 16.2. The second-order valence-corrected chi connectivity index (χ2v) is 7.09. The molecule has 2 aromatic rings. The number of hydrogen-bond donors (Lipinski definition) is 3. The Morgan fingerprint density at radius 3 is 2.56 bits per heavy atom. The van der Waals surface area contributed by atoms with E-state index in [4.69, 9.17) is 10.5 Å². The molecule has 4 N–H and O–H groups in total. The van der Waals surface area contributed by atoms with Gasteiger partial charge >= 0.3 is 0 Å². The van der Waals surface area contributed by atoms with Gasteiger partial charge in [0.2, 0.25) is 0 Å². The Hall–Kier alpha value is -1.88. The first-order valence-electron chi connectivity index (χ1n) is 10.1. The number of aryl methyl sites for hydroxylation is 1. The molecule has 0 unspecified atom stereocenters. The van der Waals surface area contributed by atoms with Crippen molar-refractivity contribution in [3.05, 3.63) is 65.2 Å². The zero-order valence-electron chi connectivity index (χ0n) is 16.7. The lowest BCUT2D eigenvalue weighted by atomic mass is 10.0. The van der Waals surface area contributed by atoms with Crippen LogP contribution in [0.15, 0.2) is 48.5 Å². The van der Waals surface area contributed by atoms with Crippen molar-refractivity contribution in [1.82, 2.24) is 5.32 Å². The molecule has 148 valence electrons. The van der Waals surface area contributed by atoms with Crippen molar-refractivity contribution in [2.75, 3.05) is 13.2 Å². The fraction of sp³-hybridized carbons (Fsp3) is 0.478. The third kappa shape index (κ3) is 7.71. The van der Waals surface area contributed by atoms with Gasteiger partial charge in [0.1, 0.15) is 5.75 Å². The van der Waals surface area contributed by atoms with Crippen LogP contribution in [-0.4, -0.2) is 30.4 Å². The van der Waals surface area contributed by atoms with Crippen molar-refractivity contribution in [2.24, 2.45) is 5.73 Å². The highest BCUT2D eigenvalue weighted by Crippen LogP contribution is 2.15. The zero-order valence-corrected chi connectivity index (χ0v) is 16.7. The van der Waals surface area contributed by atoms with Gasteiger partial charge in [-0.2, -0.15) is 0 Å². The number of aliphatic hydroxyl groups is 1. The minimum Gasteiger partial charge on any atom is -0.494 e. The van der Waals surface area contributed by atoms with Crippen LogP contribution in [0.2, 0.25) is 0 Å². The molecule has 0 fully saturated rings. The minimum atomic E-state index is -0.593. The van der Waals surface area contributed by atoms with Gasteiger partial charge in [-0.1, -0.05) is 56.7 Å². The van der Waals surface area contributed by atoms with Gasteiger partial charge in [-0.25, -0.2) is 0 Å². The van der Waals surface area contributed by atoms with E-state index in [0.29, 0.717) is 13.0 Å². The summed E-state index contributed by atoms with van der Waals surface area (Å²) in [5.74, 6) is 0.872. The van der Waals surface area contributed by atoms with E-state index in [9.17, 15) is 5.11 Å². The molecular weight excluding hydrogens is 336 g/mol. The summed E-state index contributed by atoms with van der Waals surface area (Å²) >= 11 is 0. The van der Waals surface area contributed by atoms with E-state index in [1.165, 1.54) is 11.1 Å². The Labute approximate surface area is 163 Å². The maximum Gasteiger partial charge on any atom is 0.119 e. The molecule has 2 atom stereocenters. The van der Waals surface area contributed by atoms with Crippen molar-refractivity contribution >= 4 is 0 Å². The smallest absolute Gasteiger partial charge is 0.119 e. The highest BCUT2D eigenvalue weighted by molar-refractivity contribution is 5.29. The summed E-state index contributed by atoms with van der Waals surface area (Å²) < 4.78 is 5.75. The first-order valence-corrected chi connectivity index (χ1v) is 10.1. The van der Waals surface area contributed by atoms with Crippen LogP contribution in [0.5, 0.6) is 5.75 Å². The Morgan fingerprint density at radius 2 is 1.78 bits per heavy atom. The second kappa shape index (κ2) is 11.8. The first-order chi connectivity index (χ1) is 13.1. The van der Waals surface area contributed by atoms with Crippen LogP contribution >= 0.6 is 0 Å². The summed E-state index contributed by atoms with van der Waals surface area (Å²) in [4.78, 5) is 0. The molecule has 27 heavy (non-hydrogen) atoms. The lowest BCUT2D eigenvalue weighted by molar-refractivity contribution is 0.141. The highest BCUT2D eigenvalue weighted by Gasteiger charge is 2.15. The predicted molar refractivity (Wildman–Crippen MR) is 112 cm³/mol. The quantitative estimate of drug-likeness (QED) is 0.501. The number of nitrogens with two attached hydrogens (primary N) is 1. The topological polar surface area (TPSA) is 67.5 Å². The molecule has 0 radical (unpaired) electrons. The van der Waals surface area contributed by atoms with E-state index in [-0.39, 0.29) is 6.04 Å². The van der Waals surface area contributed by atoms with Crippen LogP contribution < -0.4 is 15.8 Å². The molecule has 0 bridgehead atoms. The molecule has 0 amide bonds. The van der Waals surface area contributed by atoms with E-state index in [1.807, 2.05) is 24.3 Å². The van der Waals surface area contributed by atoms with Gasteiger partial charge in [0.15, 0.2) is 0 Å². The molecule has 0 aliphatic carbocycles. The van der Waals surface area contributed by atoms with Crippen LogP contribution in [-0.2, 0) is 19.4 Å². The molecule has 0 aliphatic rings. The maximum absolute atomic E-state index is 10.4. The zero-order chi connectivity index (χ0) is 19.5. The molecule has 0 spiro atoms. The molecule has 2 rings (SSSR count). The first kappa shape index (κ1) is 21.4. The Kier molecular flexibility index (Phi) is 9.32. The fourth-order valence-corrected chi connectivity index (χ4v) is 2.98. The van der Waals surface area contributed by atoms with Gasteiger partial charge in [-0.3, -0.25) is 0 Å². The Balaban J connectivity index is 1.77. The average Bonchev–Trinajstić information content (AvgIpc) is 2.68. The number of nitrogens with one attached hydrogen (secondary N) is 1. The van der Waals surface area contributed by atoms with Gasteiger partial charge in [-0.05, 0) is 48.1 Å². The molecule has 4 nitrogen and oxygen atoms in total. The largest absolute Gasteiger partial charge is 0.494 e. The van der Waals surface area contributed by atoms with E-state index >= 15 is 0 Å². The normalized spacial score (nSPS) is 13.3. The van der Waals surface area contributed by atoms with Gasteiger partial charge in [-0.15, -0.1) is 0 Å². The Morgan fingerprint density at radius 1 is 1.04 bits per heavy atom. The number of unbranched alkanes of at least 4 members (excludes halogenated alkanes) is 1. The van der Waals surface area contributed by atoms with Crippen LogP contribution in [0.3, 0.4) is 0 Å². The minimum absolute atomic E-state index is 0.314. The Bertz CT molecular complexity index is 675. The summed E-state index contributed by atoms with van der Waals surface area (Å²) in [5.41, 5.74) is 9.86. The van der Waals surface area contributed by atoms with Crippen molar-refractivity contribution in [2.45, 2.75) is 58.2 Å². The molecule has 0 aromatic heterocycles. The van der Waals surface area contributed by atoms with E-state index in [0.717, 1.165) is 43.7 Å². The van der Waals surface area contributed by atoms with Gasteiger partial charge < -0.3 is 20.9 Å².